The highest BCUT2D eigenvalue weighted by Crippen LogP contribution is 2.39. The van der Waals surface area contributed by atoms with E-state index in [9.17, 15) is 0 Å². The minimum absolute atomic E-state index is 0. The molecule has 2 aliphatic rings. The number of halogens is 2. The summed E-state index contributed by atoms with van der Waals surface area (Å²) in [4.78, 5) is 2.48. The van der Waals surface area contributed by atoms with Crippen LogP contribution in [0.3, 0.4) is 0 Å². The molecule has 0 aliphatic carbocycles. The number of likely N-dealkylation sites (N-methyl/N-ethyl adjacent to an activating group) is 1. The number of aromatic nitrogens is 1. The van der Waals surface area contributed by atoms with E-state index in [0.717, 1.165) is 44.7 Å². The average molecular weight is 303 g/mol. The van der Waals surface area contributed by atoms with Crippen molar-refractivity contribution in [1.82, 2.24) is 14.8 Å². The van der Waals surface area contributed by atoms with Crippen LogP contribution < -0.4 is 5.32 Å². The second kappa shape index (κ2) is 6.15. The van der Waals surface area contributed by atoms with Crippen LogP contribution in [0.4, 0.5) is 0 Å². The summed E-state index contributed by atoms with van der Waals surface area (Å²) in [5.41, 5.74) is 2.30. The van der Waals surface area contributed by atoms with E-state index in [1.807, 2.05) is 6.07 Å². The summed E-state index contributed by atoms with van der Waals surface area (Å²) < 4.78 is 2.21. The monoisotopic (exact) mass is 302 g/mol. The van der Waals surface area contributed by atoms with Gasteiger partial charge in [0.05, 0.1) is 5.54 Å². The predicted molar refractivity (Wildman–Crippen MR) is 80.1 cm³/mol. The Kier molecular flexibility index (Phi) is 5.28. The van der Waals surface area contributed by atoms with Crippen molar-refractivity contribution >= 4 is 24.8 Å². The molecule has 1 saturated heterocycles. The van der Waals surface area contributed by atoms with E-state index in [4.69, 9.17) is 5.26 Å². The fourth-order valence-corrected chi connectivity index (χ4v) is 3.35. The van der Waals surface area contributed by atoms with Crippen molar-refractivity contribution < 1.29 is 0 Å². The molecule has 3 heterocycles. The lowest BCUT2D eigenvalue weighted by molar-refractivity contribution is 0.0481. The van der Waals surface area contributed by atoms with Gasteiger partial charge in [-0.2, -0.15) is 5.26 Å². The first-order valence-electron chi connectivity index (χ1n) is 6.30. The van der Waals surface area contributed by atoms with Crippen LogP contribution in [0.15, 0.2) is 12.1 Å². The molecule has 0 saturated carbocycles. The number of hydrogen-bond donors (Lipinski definition) is 1. The Bertz CT molecular complexity index is 471. The van der Waals surface area contributed by atoms with Crippen molar-refractivity contribution in [3.8, 4) is 6.07 Å². The van der Waals surface area contributed by atoms with Gasteiger partial charge >= 0.3 is 0 Å². The van der Waals surface area contributed by atoms with Crippen LogP contribution in [0.2, 0.25) is 0 Å². The van der Waals surface area contributed by atoms with Crippen molar-refractivity contribution in [2.75, 3.05) is 26.7 Å². The normalized spacial score (nSPS) is 20.8. The number of fused-ring (bicyclic) bond motifs is 2. The number of nitrogens with zero attached hydrogens (tertiary/aromatic N) is 3. The minimum Gasteiger partial charge on any atom is -0.333 e. The zero-order valence-corrected chi connectivity index (χ0v) is 12.7. The number of nitriles is 1. The van der Waals surface area contributed by atoms with Gasteiger partial charge in [0.25, 0.3) is 0 Å². The highest BCUT2D eigenvalue weighted by Gasteiger charge is 2.42. The molecule has 0 atom stereocenters. The van der Waals surface area contributed by atoms with E-state index in [1.54, 1.807) is 0 Å². The van der Waals surface area contributed by atoms with E-state index in [2.05, 4.69) is 34.0 Å². The first-order valence-corrected chi connectivity index (χ1v) is 6.30. The van der Waals surface area contributed by atoms with E-state index < -0.39 is 0 Å². The highest BCUT2D eigenvalue weighted by atomic mass is 35.5. The van der Waals surface area contributed by atoms with E-state index >= 15 is 0 Å². The van der Waals surface area contributed by atoms with E-state index in [-0.39, 0.29) is 30.4 Å². The first-order chi connectivity index (χ1) is 8.28. The maximum atomic E-state index is 9.14. The SMILES string of the molecule is CN1CCn2c(C#N)ccc2C12CCNCC2.Cl.Cl. The molecule has 0 aromatic carbocycles. The Morgan fingerprint density at radius 1 is 1.21 bits per heavy atom. The third kappa shape index (κ3) is 2.36. The van der Waals surface area contributed by atoms with Crippen LogP contribution in [0.1, 0.15) is 24.2 Å². The molecule has 0 bridgehead atoms. The molecular weight excluding hydrogens is 283 g/mol. The molecular formula is C13H20Cl2N4. The summed E-state index contributed by atoms with van der Waals surface area (Å²) in [5.74, 6) is 0. The maximum absolute atomic E-state index is 9.14. The second-order valence-corrected chi connectivity index (χ2v) is 5.07. The van der Waals surface area contributed by atoms with E-state index in [1.165, 1.54) is 5.69 Å². The van der Waals surface area contributed by atoms with Crippen LogP contribution in [0, 0.1) is 11.3 Å². The Balaban J connectivity index is 0.000000902. The average Bonchev–Trinajstić information content (AvgIpc) is 2.79. The molecule has 1 spiro atoms. The zero-order chi connectivity index (χ0) is 11.9. The molecule has 106 valence electrons. The molecule has 3 rings (SSSR count). The number of rotatable bonds is 0. The lowest BCUT2D eigenvalue weighted by Crippen LogP contribution is -2.55. The van der Waals surface area contributed by atoms with Crippen molar-refractivity contribution in [3.05, 3.63) is 23.5 Å². The molecule has 19 heavy (non-hydrogen) atoms. The Labute approximate surface area is 126 Å². The van der Waals surface area contributed by atoms with Crippen LogP contribution >= 0.6 is 24.8 Å². The predicted octanol–water partition coefficient (Wildman–Crippen LogP) is 1.73. The van der Waals surface area contributed by atoms with Gasteiger partial charge in [0.1, 0.15) is 11.8 Å². The third-order valence-electron chi connectivity index (χ3n) is 4.39. The molecule has 6 heteroatoms. The smallest absolute Gasteiger partial charge is 0.120 e. The lowest BCUT2D eigenvalue weighted by Gasteiger charge is -2.48. The largest absolute Gasteiger partial charge is 0.333 e. The topological polar surface area (TPSA) is 44.0 Å². The molecule has 0 radical (unpaired) electrons. The van der Waals surface area contributed by atoms with Gasteiger partial charge in [-0.05, 0) is 45.1 Å². The molecule has 2 aliphatic heterocycles. The second-order valence-electron chi connectivity index (χ2n) is 5.07. The summed E-state index contributed by atoms with van der Waals surface area (Å²) in [6.45, 7) is 4.11. The molecule has 1 aromatic heterocycles. The highest BCUT2D eigenvalue weighted by molar-refractivity contribution is 5.85. The van der Waals surface area contributed by atoms with Crippen molar-refractivity contribution in [2.24, 2.45) is 0 Å². The molecule has 1 aromatic rings. The maximum Gasteiger partial charge on any atom is 0.120 e. The van der Waals surface area contributed by atoms with Gasteiger partial charge in [0.2, 0.25) is 0 Å². The van der Waals surface area contributed by atoms with Crippen LogP contribution in [0.25, 0.3) is 0 Å². The first kappa shape index (κ1) is 16.3. The Morgan fingerprint density at radius 2 is 1.89 bits per heavy atom. The van der Waals surface area contributed by atoms with Gasteiger partial charge in [-0.3, -0.25) is 4.90 Å². The molecule has 4 nitrogen and oxygen atoms in total. The van der Waals surface area contributed by atoms with Crippen molar-refractivity contribution in [1.29, 1.82) is 5.26 Å². The molecule has 0 unspecified atom stereocenters. The Hall–Kier alpha value is -0.730. The van der Waals surface area contributed by atoms with Crippen molar-refractivity contribution in [3.63, 3.8) is 0 Å². The molecule has 1 fully saturated rings. The van der Waals surface area contributed by atoms with Crippen molar-refractivity contribution in [2.45, 2.75) is 24.9 Å². The van der Waals surface area contributed by atoms with Gasteiger partial charge in [-0.25, -0.2) is 0 Å². The summed E-state index contributed by atoms with van der Waals surface area (Å²) in [7, 11) is 2.22. The molecule has 0 amide bonds. The third-order valence-corrected chi connectivity index (χ3v) is 4.39. The van der Waals surface area contributed by atoms with Crippen LogP contribution in [0.5, 0.6) is 0 Å². The quantitative estimate of drug-likeness (QED) is 0.794. The van der Waals surface area contributed by atoms with Crippen LogP contribution in [-0.2, 0) is 12.1 Å². The summed E-state index contributed by atoms with van der Waals surface area (Å²) >= 11 is 0. The number of piperidine rings is 1. The van der Waals surface area contributed by atoms with Crippen LogP contribution in [-0.4, -0.2) is 36.1 Å². The number of nitrogens with one attached hydrogen (secondary N) is 1. The molecule has 1 N–H and O–H groups in total. The summed E-state index contributed by atoms with van der Waals surface area (Å²) in [5, 5.41) is 12.6. The van der Waals surface area contributed by atoms with Gasteiger partial charge < -0.3 is 9.88 Å². The van der Waals surface area contributed by atoms with Gasteiger partial charge in [0.15, 0.2) is 0 Å². The minimum atomic E-state index is 0. The number of hydrogen-bond acceptors (Lipinski definition) is 3. The zero-order valence-electron chi connectivity index (χ0n) is 11.1. The van der Waals surface area contributed by atoms with Gasteiger partial charge in [0, 0.05) is 18.8 Å². The summed E-state index contributed by atoms with van der Waals surface area (Å²) in [6, 6.07) is 6.42. The van der Waals surface area contributed by atoms with Gasteiger partial charge in [-0.15, -0.1) is 24.8 Å². The lowest BCUT2D eigenvalue weighted by atomic mass is 9.82. The Morgan fingerprint density at radius 3 is 2.53 bits per heavy atom. The van der Waals surface area contributed by atoms with E-state index in [0.29, 0.717) is 0 Å². The summed E-state index contributed by atoms with van der Waals surface area (Å²) in [6.07, 6.45) is 2.27. The standard InChI is InChI=1S/C13H18N4.2ClH/c1-16-8-9-17-11(10-14)2-3-12(17)13(16)4-6-15-7-5-13;;/h2-3,15H,4-9H2,1H3;2*1H. The fraction of sp³-hybridized carbons (Fsp3) is 0.615. The van der Waals surface area contributed by atoms with Gasteiger partial charge in [-0.1, -0.05) is 0 Å². The fourth-order valence-electron chi connectivity index (χ4n) is 3.35.